The fourth-order valence-electron chi connectivity index (χ4n) is 3.91. The zero-order valence-electron chi connectivity index (χ0n) is 15.6. The zero-order chi connectivity index (χ0) is 19.3. The Balaban J connectivity index is 1.64. The lowest BCUT2D eigenvalue weighted by Crippen LogP contribution is -2.33. The van der Waals surface area contributed by atoms with E-state index in [0.717, 1.165) is 38.8 Å². The van der Waals surface area contributed by atoms with E-state index < -0.39 is 0 Å². The van der Waals surface area contributed by atoms with E-state index in [1.54, 1.807) is 24.5 Å². The van der Waals surface area contributed by atoms with E-state index in [2.05, 4.69) is 12.1 Å². The third-order valence-electron chi connectivity index (χ3n) is 5.25. The molecule has 3 aromatic rings. The Morgan fingerprint density at radius 3 is 2.89 bits per heavy atom. The largest absolute Gasteiger partial charge is 0.507 e. The van der Waals surface area contributed by atoms with Crippen molar-refractivity contribution in [2.45, 2.75) is 25.6 Å². The summed E-state index contributed by atoms with van der Waals surface area (Å²) in [5.41, 5.74) is 3.79. The molecule has 5 rings (SSSR count). The van der Waals surface area contributed by atoms with Gasteiger partial charge in [0.1, 0.15) is 5.75 Å². The number of phenolic OH excluding ortho intramolecular Hbond substituents is 1. The molecular formula is C22H20N2O3S. The molecular weight excluding hydrogens is 372 g/mol. The summed E-state index contributed by atoms with van der Waals surface area (Å²) in [7, 11) is 1.66. The maximum atomic E-state index is 10.4. The molecule has 2 atom stereocenters. The van der Waals surface area contributed by atoms with E-state index in [-0.39, 0.29) is 18.0 Å². The number of benzene rings is 2. The number of hydrogen-bond donors (Lipinski definition) is 1. The molecule has 1 N–H and O–H groups in total. The van der Waals surface area contributed by atoms with Gasteiger partial charge in [-0.1, -0.05) is 29.8 Å². The Kier molecular flexibility index (Phi) is 4.02. The summed E-state index contributed by atoms with van der Waals surface area (Å²) in [5.74, 6) is 1.75. The standard InChI is InChI=1S/C22H20N2O3S/c1-13-8-9-18(25)15(11-13)16-12-17-14-5-3-6-19(26-2)21(14)27-22(24(17)23-16)20-7-4-10-28-20/h3-11,17,22,25H,12H2,1-2H3/t17-,22+/m0/s1. The van der Waals surface area contributed by atoms with Gasteiger partial charge in [0.05, 0.1) is 23.7 Å². The van der Waals surface area contributed by atoms with Gasteiger partial charge in [0.15, 0.2) is 11.5 Å². The Morgan fingerprint density at radius 1 is 1.21 bits per heavy atom. The van der Waals surface area contributed by atoms with Crippen LogP contribution in [-0.2, 0) is 0 Å². The van der Waals surface area contributed by atoms with Crippen molar-refractivity contribution in [2.75, 3.05) is 7.11 Å². The third-order valence-corrected chi connectivity index (χ3v) is 6.15. The van der Waals surface area contributed by atoms with Crippen LogP contribution in [0.5, 0.6) is 17.2 Å². The highest BCUT2D eigenvalue weighted by atomic mass is 32.1. The highest BCUT2D eigenvalue weighted by Gasteiger charge is 2.42. The number of aryl methyl sites for hydroxylation is 1. The highest BCUT2D eigenvalue weighted by molar-refractivity contribution is 7.10. The molecule has 2 aliphatic heterocycles. The maximum absolute atomic E-state index is 10.4. The Morgan fingerprint density at radius 2 is 2.11 bits per heavy atom. The van der Waals surface area contributed by atoms with Gasteiger partial charge in [-0.15, -0.1) is 11.3 Å². The molecule has 2 aliphatic rings. The number of methoxy groups -OCH3 is 1. The second kappa shape index (κ2) is 6.56. The minimum Gasteiger partial charge on any atom is -0.507 e. The van der Waals surface area contributed by atoms with Gasteiger partial charge in [-0.05, 0) is 36.6 Å². The van der Waals surface area contributed by atoms with Crippen LogP contribution in [0, 0.1) is 6.92 Å². The summed E-state index contributed by atoms with van der Waals surface area (Å²) in [6.07, 6.45) is 0.376. The summed E-state index contributed by atoms with van der Waals surface area (Å²) in [6, 6.07) is 15.7. The first kappa shape index (κ1) is 17.1. The van der Waals surface area contributed by atoms with Crippen molar-refractivity contribution < 1.29 is 14.6 Å². The fraction of sp³-hybridized carbons (Fsp3) is 0.227. The van der Waals surface area contributed by atoms with Gasteiger partial charge in [0, 0.05) is 17.5 Å². The summed E-state index contributed by atoms with van der Waals surface area (Å²) in [6.45, 7) is 2.02. The normalized spacial score (nSPS) is 20.2. The molecule has 0 bridgehead atoms. The lowest BCUT2D eigenvalue weighted by molar-refractivity contribution is -0.0184. The Bertz CT molecular complexity index is 1060. The molecule has 0 saturated carbocycles. The number of nitrogens with zero attached hydrogens (tertiary/aromatic N) is 2. The number of ether oxygens (including phenoxy) is 2. The number of hydrazone groups is 1. The maximum Gasteiger partial charge on any atom is 0.223 e. The van der Waals surface area contributed by atoms with Gasteiger partial charge in [-0.25, -0.2) is 5.01 Å². The average Bonchev–Trinajstić information content (AvgIpc) is 3.39. The minimum atomic E-state index is -0.321. The smallest absolute Gasteiger partial charge is 0.223 e. The zero-order valence-corrected chi connectivity index (χ0v) is 16.4. The monoisotopic (exact) mass is 392 g/mol. The molecule has 0 saturated heterocycles. The second-order valence-corrected chi connectivity index (χ2v) is 8.01. The number of fused-ring (bicyclic) bond motifs is 3. The van der Waals surface area contributed by atoms with Crippen molar-refractivity contribution in [3.63, 3.8) is 0 Å². The summed E-state index contributed by atoms with van der Waals surface area (Å²) in [5, 5.41) is 19.4. The van der Waals surface area contributed by atoms with Crippen LogP contribution in [0.4, 0.5) is 0 Å². The third kappa shape index (κ3) is 2.64. The first-order chi connectivity index (χ1) is 13.7. The fourth-order valence-corrected chi connectivity index (χ4v) is 4.65. The molecule has 0 amide bonds. The second-order valence-electron chi connectivity index (χ2n) is 7.03. The number of phenols is 1. The SMILES string of the molecule is COc1cccc2c1O[C@H](c1cccs1)N1N=C(c3cc(C)ccc3O)C[C@@H]21. The molecule has 6 heteroatoms. The molecule has 0 aliphatic carbocycles. The molecule has 2 aromatic carbocycles. The summed E-state index contributed by atoms with van der Waals surface area (Å²) >= 11 is 1.64. The van der Waals surface area contributed by atoms with E-state index in [4.69, 9.17) is 14.6 Å². The van der Waals surface area contributed by atoms with Crippen molar-refractivity contribution in [3.8, 4) is 17.2 Å². The molecule has 0 fully saturated rings. The van der Waals surface area contributed by atoms with Gasteiger partial charge in [0.25, 0.3) is 0 Å². The predicted molar refractivity (Wildman–Crippen MR) is 109 cm³/mol. The summed E-state index contributed by atoms with van der Waals surface area (Å²) in [4.78, 5) is 1.08. The minimum absolute atomic E-state index is 0.0286. The topological polar surface area (TPSA) is 54.3 Å². The molecule has 3 heterocycles. The number of rotatable bonds is 3. The Labute approximate surface area is 167 Å². The first-order valence-electron chi connectivity index (χ1n) is 9.18. The average molecular weight is 392 g/mol. The quantitative estimate of drug-likeness (QED) is 0.680. The van der Waals surface area contributed by atoms with Crippen molar-refractivity contribution in [3.05, 3.63) is 75.5 Å². The van der Waals surface area contributed by atoms with Crippen LogP contribution >= 0.6 is 11.3 Å². The van der Waals surface area contributed by atoms with Crippen LogP contribution in [0.1, 0.15) is 40.3 Å². The van der Waals surface area contributed by atoms with E-state index in [1.807, 2.05) is 47.6 Å². The number of aromatic hydroxyl groups is 1. The predicted octanol–water partition coefficient (Wildman–Crippen LogP) is 5.01. The van der Waals surface area contributed by atoms with Gasteiger partial charge in [0.2, 0.25) is 6.23 Å². The van der Waals surface area contributed by atoms with Crippen LogP contribution in [0.3, 0.4) is 0 Å². The van der Waals surface area contributed by atoms with Crippen molar-refractivity contribution in [2.24, 2.45) is 5.10 Å². The summed E-state index contributed by atoms with van der Waals surface area (Å²) < 4.78 is 11.9. The first-order valence-corrected chi connectivity index (χ1v) is 10.1. The lowest BCUT2D eigenvalue weighted by Gasteiger charge is -2.38. The number of hydrogen-bond acceptors (Lipinski definition) is 6. The lowest BCUT2D eigenvalue weighted by atomic mass is 9.95. The van der Waals surface area contributed by atoms with Crippen LogP contribution in [0.15, 0.2) is 59.0 Å². The van der Waals surface area contributed by atoms with E-state index in [9.17, 15) is 5.11 Å². The van der Waals surface area contributed by atoms with E-state index in [1.165, 1.54) is 0 Å². The van der Waals surface area contributed by atoms with E-state index in [0.29, 0.717) is 6.42 Å². The van der Waals surface area contributed by atoms with Gasteiger partial charge < -0.3 is 14.6 Å². The van der Waals surface area contributed by atoms with Gasteiger partial charge >= 0.3 is 0 Å². The van der Waals surface area contributed by atoms with Crippen LogP contribution in [-0.4, -0.2) is 22.9 Å². The molecule has 142 valence electrons. The molecule has 28 heavy (non-hydrogen) atoms. The van der Waals surface area contributed by atoms with E-state index >= 15 is 0 Å². The number of thiophene rings is 1. The number of para-hydroxylation sites is 1. The molecule has 0 spiro atoms. The molecule has 0 radical (unpaired) electrons. The van der Waals surface area contributed by atoms with Gasteiger partial charge in [-0.3, -0.25) is 0 Å². The molecule has 0 unspecified atom stereocenters. The van der Waals surface area contributed by atoms with Crippen molar-refractivity contribution in [1.29, 1.82) is 0 Å². The highest BCUT2D eigenvalue weighted by Crippen LogP contribution is 2.51. The van der Waals surface area contributed by atoms with Crippen LogP contribution in [0.25, 0.3) is 0 Å². The van der Waals surface area contributed by atoms with Crippen LogP contribution in [0.2, 0.25) is 0 Å². The van der Waals surface area contributed by atoms with Crippen molar-refractivity contribution in [1.82, 2.24) is 5.01 Å². The van der Waals surface area contributed by atoms with Gasteiger partial charge in [-0.2, -0.15) is 5.10 Å². The Hall–Kier alpha value is -2.99. The molecule has 5 nitrogen and oxygen atoms in total. The van der Waals surface area contributed by atoms with Crippen molar-refractivity contribution >= 4 is 17.0 Å². The molecule has 1 aromatic heterocycles. The van der Waals surface area contributed by atoms with Crippen LogP contribution < -0.4 is 9.47 Å².